The van der Waals surface area contributed by atoms with Gasteiger partial charge in [0.25, 0.3) is 0 Å². The van der Waals surface area contributed by atoms with E-state index >= 15 is 0 Å². The average molecular weight is 203 g/mol. The quantitative estimate of drug-likeness (QED) is 0.525. The summed E-state index contributed by atoms with van der Waals surface area (Å²) in [6.45, 7) is 7.07. The minimum atomic E-state index is -2.18. The second kappa shape index (κ2) is 5.16. The Morgan fingerprint density at radius 2 is 1.92 bits per heavy atom. The van der Waals surface area contributed by atoms with Crippen molar-refractivity contribution in [1.82, 2.24) is 5.32 Å². The highest BCUT2D eigenvalue weighted by molar-refractivity contribution is 6.66. The zero-order valence-electron chi connectivity index (χ0n) is 8.64. The average Bonchev–Trinajstić information content (AvgIpc) is 2.13. The summed E-state index contributed by atoms with van der Waals surface area (Å²) in [7, 11) is 0.993. The summed E-state index contributed by atoms with van der Waals surface area (Å²) < 4.78 is 10.4. The van der Waals surface area contributed by atoms with Gasteiger partial charge in [0.05, 0.1) is 6.17 Å². The fourth-order valence-corrected chi connectivity index (χ4v) is 1.56. The third kappa shape index (κ3) is 4.21. The van der Waals surface area contributed by atoms with Crippen LogP contribution in [-0.4, -0.2) is 34.9 Å². The van der Waals surface area contributed by atoms with E-state index in [0.29, 0.717) is 11.7 Å². The lowest BCUT2D eigenvalue weighted by Gasteiger charge is -2.22. The van der Waals surface area contributed by atoms with E-state index in [1.54, 1.807) is 21.1 Å². The summed E-state index contributed by atoms with van der Waals surface area (Å²) in [6, 6.07) is 0. The molecule has 0 rings (SSSR count). The van der Waals surface area contributed by atoms with Crippen molar-refractivity contribution in [1.29, 1.82) is 0 Å². The molecule has 0 saturated heterocycles. The van der Waals surface area contributed by atoms with E-state index in [1.165, 1.54) is 0 Å². The number of carbonyl (C=O) groups excluding carboxylic acids is 1. The molecule has 0 aliphatic carbocycles. The van der Waals surface area contributed by atoms with Crippen LogP contribution in [0.3, 0.4) is 0 Å². The van der Waals surface area contributed by atoms with E-state index in [2.05, 4.69) is 11.9 Å². The first-order valence-electron chi connectivity index (χ1n) is 3.99. The summed E-state index contributed by atoms with van der Waals surface area (Å²) in [5.41, 5.74) is 0.489. The van der Waals surface area contributed by atoms with Gasteiger partial charge in [-0.25, -0.2) is 0 Å². The summed E-state index contributed by atoms with van der Waals surface area (Å²) in [6.07, 6.45) is 0.436. The van der Waals surface area contributed by atoms with Crippen LogP contribution in [0, 0.1) is 0 Å². The second-order valence-electron chi connectivity index (χ2n) is 3.01. The lowest BCUT2D eigenvalue weighted by Crippen LogP contribution is -2.48. The van der Waals surface area contributed by atoms with Crippen molar-refractivity contribution in [2.75, 3.05) is 20.4 Å². The highest BCUT2D eigenvalue weighted by atomic mass is 28.4. The Labute approximate surface area is 80.2 Å². The molecule has 0 fully saturated rings. The van der Waals surface area contributed by atoms with Crippen LogP contribution in [0.15, 0.2) is 12.2 Å². The van der Waals surface area contributed by atoms with Gasteiger partial charge in [-0.05, 0) is 13.5 Å². The molecule has 0 aliphatic rings. The number of hydrogen-bond acceptors (Lipinski definition) is 3. The Morgan fingerprint density at radius 1 is 1.46 bits per heavy atom. The largest absolute Gasteiger partial charge is 0.397 e. The van der Waals surface area contributed by atoms with Crippen LogP contribution in [0.2, 0.25) is 6.55 Å². The Kier molecular flexibility index (Phi) is 4.90. The maximum absolute atomic E-state index is 11.1. The van der Waals surface area contributed by atoms with Gasteiger partial charge in [-0.15, -0.1) is 0 Å². The molecule has 0 heterocycles. The zero-order chi connectivity index (χ0) is 10.5. The zero-order valence-corrected chi connectivity index (χ0v) is 9.64. The molecule has 5 heteroatoms. The number of nitrogens with one attached hydrogen (secondary N) is 1. The highest BCUT2D eigenvalue weighted by Crippen LogP contribution is 2.02. The Bertz CT molecular complexity index is 202. The van der Waals surface area contributed by atoms with Crippen LogP contribution in [-0.2, 0) is 13.6 Å². The maximum Gasteiger partial charge on any atom is 0.354 e. The normalized spacial score (nSPS) is 11.1. The molecule has 0 atom stereocenters. The van der Waals surface area contributed by atoms with E-state index < -0.39 is 8.56 Å². The van der Waals surface area contributed by atoms with Crippen molar-refractivity contribution in [3.63, 3.8) is 0 Å². The first-order valence-corrected chi connectivity index (χ1v) is 6.51. The first-order chi connectivity index (χ1) is 5.95. The molecular formula is C8H17NO3Si. The summed E-state index contributed by atoms with van der Waals surface area (Å²) >= 11 is 0. The fraction of sp³-hybridized carbons (Fsp3) is 0.625. The monoisotopic (exact) mass is 203 g/mol. The van der Waals surface area contributed by atoms with Gasteiger partial charge < -0.3 is 14.2 Å². The number of hydrogen-bond donors (Lipinski definition) is 1. The topological polar surface area (TPSA) is 47.6 Å². The molecule has 76 valence electrons. The number of rotatable bonds is 5. The van der Waals surface area contributed by atoms with Crippen LogP contribution in [0.5, 0.6) is 0 Å². The molecule has 13 heavy (non-hydrogen) atoms. The van der Waals surface area contributed by atoms with Crippen molar-refractivity contribution >= 4 is 14.5 Å². The molecule has 0 radical (unpaired) electrons. The SMILES string of the molecule is C=C(C)C(=O)NC[Si](C)(OC)OC. The van der Waals surface area contributed by atoms with Crippen molar-refractivity contribution in [3.8, 4) is 0 Å². The van der Waals surface area contributed by atoms with E-state index in [4.69, 9.17) is 8.85 Å². The molecule has 1 N–H and O–H groups in total. The Morgan fingerprint density at radius 3 is 2.23 bits per heavy atom. The van der Waals surface area contributed by atoms with Crippen LogP contribution in [0.4, 0.5) is 0 Å². The molecule has 4 nitrogen and oxygen atoms in total. The van der Waals surface area contributed by atoms with E-state index in [-0.39, 0.29) is 5.91 Å². The molecule has 0 unspecified atom stereocenters. The molecular weight excluding hydrogens is 186 g/mol. The molecule has 0 aromatic rings. The number of amides is 1. The van der Waals surface area contributed by atoms with Gasteiger partial charge in [0.1, 0.15) is 0 Å². The third-order valence-corrected chi connectivity index (χ3v) is 4.37. The van der Waals surface area contributed by atoms with Gasteiger partial charge >= 0.3 is 8.56 Å². The lowest BCUT2D eigenvalue weighted by atomic mass is 10.3. The van der Waals surface area contributed by atoms with E-state index in [0.717, 1.165) is 0 Å². The summed E-state index contributed by atoms with van der Waals surface area (Å²) in [5, 5.41) is 2.70. The lowest BCUT2D eigenvalue weighted by molar-refractivity contribution is -0.117. The molecule has 0 saturated carbocycles. The van der Waals surface area contributed by atoms with Crippen molar-refractivity contribution in [3.05, 3.63) is 12.2 Å². The fourth-order valence-electron chi connectivity index (χ4n) is 0.619. The predicted octanol–water partition coefficient (Wildman–Crippen LogP) is 0.583. The molecule has 1 amide bonds. The van der Waals surface area contributed by atoms with Gasteiger partial charge in [0, 0.05) is 19.8 Å². The smallest absolute Gasteiger partial charge is 0.354 e. The van der Waals surface area contributed by atoms with Crippen molar-refractivity contribution in [2.24, 2.45) is 0 Å². The third-order valence-electron chi connectivity index (χ3n) is 1.82. The van der Waals surface area contributed by atoms with Crippen LogP contribution >= 0.6 is 0 Å². The van der Waals surface area contributed by atoms with Gasteiger partial charge in [-0.3, -0.25) is 4.79 Å². The molecule has 0 aromatic heterocycles. The molecule has 0 aromatic carbocycles. The van der Waals surface area contributed by atoms with E-state index in [9.17, 15) is 4.79 Å². The van der Waals surface area contributed by atoms with Crippen LogP contribution < -0.4 is 5.32 Å². The van der Waals surface area contributed by atoms with Crippen molar-refractivity contribution in [2.45, 2.75) is 13.5 Å². The number of carbonyl (C=O) groups is 1. The minimum Gasteiger partial charge on any atom is -0.397 e. The second-order valence-corrected chi connectivity index (χ2v) is 6.44. The maximum atomic E-state index is 11.1. The highest BCUT2D eigenvalue weighted by Gasteiger charge is 2.29. The van der Waals surface area contributed by atoms with E-state index in [1.807, 2.05) is 6.55 Å². The first kappa shape index (κ1) is 12.3. The van der Waals surface area contributed by atoms with Gasteiger partial charge in [0.2, 0.25) is 5.91 Å². The molecule has 0 spiro atoms. The minimum absolute atomic E-state index is 0.159. The predicted molar refractivity (Wildman–Crippen MR) is 53.5 cm³/mol. The van der Waals surface area contributed by atoms with Gasteiger partial charge in [-0.2, -0.15) is 0 Å². The van der Waals surface area contributed by atoms with Crippen molar-refractivity contribution < 1.29 is 13.6 Å². The molecule has 0 bridgehead atoms. The van der Waals surface area contributed by atoms with Gasteiger partial charge in [-0.1, -0.05) is 6.58 Å². The Hall–Kier alpha value is -0.653. The summed E-state index contributed by atoms with van der Waals surface area (Å²) in [5.74, 6) is -0.159. The standard InChI is InChI=1S/C8H17NO3Si/c1-7(2)8(10)9-6-13(5,11-3)12-4/h1,6H2,2-5H3,(H,9,10). The summed E-state index contributed by atoms with van der Waals surface area (Å²) in [4.78, 5) is 11.1. The Balaban J connectivity index is 4.00. The van der Waals surface area contributed by atoms with Crippen LogP contribution in [0.25, 0.3) is 0 Å². The van der Waals surface area contributed by atoms with Gasteiger partial charge in [0.15, 0.2) is 0 Å². The van der Waals surface area contributed by atoms with Crippen LogP contribution in [0.1, 0.15) is 6.92 Å². The molecule has 0 aliphatic heterocycles.